The highest BCUT2D eigenvalue weighted by molar-refractivity contribution is 6.39. The Morgan fingerprint density at radius 3 is 2.11 bits per heavy atom. The molecular weight excluding hydrogens is 293 g/mol. The molecular formula is C11H9Cl2N3O3. The van der Waals surface area contributed by atoms with Crippen molar-refractivity contribution in [3.63, 3.8) is 0 Å². The second-order valence-electron chi connectivity index (χ2n) is 3.99. The molecule has 0 atom stereocenters. The molecule has 8 heteroatoms. The second kappa shape index (κ2) is 5.07. The summed E-state index contributed by atoms with van der Waals surface area (Å²) in [6, 6.07) is 2.70. The molecule has 1 heterocycles. The van der Waals surface area contributed by atoms with Crippen molar-refractivity contribution in [1.29, 1.82) is 0 Å². The predicted octanol–water partition coefficient (Wildman–Crippen LogP) is 0.674. The van der Waals surface area contributed by atoms with Crippen LogP contribution in [0.2, 0.25) is 10.0 Å². The summed E-state index contributed by atoms with van der Waals surface area (Å²) in [5.41, 5.74) is 5.91. The predicted molar refractivity (Wildman–Crippen MR) is 69.9 cm³/mol. The van der Waals surface area contributed by atoms with E-state index in [-0.39, 0.29) is 34.4 Å². The van der Waals surface area contributed by atoms with Crippen molar-refractivity contribution >= 4 is 46.6 Å². The molecule has 19 heavy (non-hydrogen) atoms. The van der Waals surface area contributed by atoms with Gasteiger partial charge >= 0.3 is 0 Å². The van der Waals surface area contributed by atoms with E-state index in [1.54, 1.807) is 0 Å². The molecule has 3 N–H and O–H groups in total. The summed E-state index contributed by atoms with van der Waals surface area (Å²) in [6.45, 7) is -0.381. The number of amides is 3. The Bertz CT molecular complexity index is 550. The zero-order chi connectivity index (χ0) is 14.2. The molecule has 1 aromatic carbocycles. The van der Waals surface area contributed by atoms with E-state index in [1.807, 2.05) is 0 Å². The lowest BCUT2D eigenvalue weighted by Crippen LogP contribution is -2.53. The van der Waals surface area contributed by atoms with Crippen LogP contribution in [0.1, 0.15) is 10.4 Å². The number of anilines is 1. The Balaban J connectivity index is 2.29. The number of nitrogens with two attached hydrogens (primary N) is 1. The smallest absolute Gasteiger partial charge is 0.254 e. The molecule has 0 aliphatic carbocycles. The first kappa shape index (κ1) is 13.6. The van der Waals surface area contributed by atoms with Gasteiger partial charge in [-0.25, -0.2) is 0 Å². The summed E-state index contributed by atoms with van der Waals surface area (Å²) < 4.78 is 0. The number of carbonyl (C=O) groups is 3. The number of nitrogens with one attached hydrogen (secondary N) is 1. The highest BCUT2D eigenvalue weighted by Gasteiger charge is 2.27. The highest BCUT2D eigenvalue weighted by Crippen LogP contribution is 2.29. The van der Waals surface area contributed by atoms with Crippen molar-refractivity contribution < 1.29 is 14.4 Å². The quantitative estimate of drug-likeness (QED) is 0.589. The molecule has 0 radical (unpaired) electrons. The number of rotatable bonds is 1. The second-order valence-corrected chi connectivity index (χ2v) is 4.80. The van der Waals surface area contributed by atoms with Crippen molar-refractivity contribution in [2.24, 2.45) is 0 Å². The van der Waals surface area contributed by atoms with Gasteiger partial charge < -0.3 is 10.6 Å². The fourth-order valence-corrected chi connectivity index (χ4v) is 2.16. The zero-order valence-corrected chi connectivity index (χ0v) is 11.1. The van der Waals surface area contributed by atoms with E-state index in [9.17, 15) is 14.4 Å². The van der Waals surface area contributed by atoms with Gasteiger partial charge in [-0.3, -0.25) is 19.7 Å². The number of nitrogen functional groups attached to an aromatic ring is 1. The maximum atomic E-state index is 12.1. The van der Waals surface area contributed by atoms with Gasteiger partial charge in [-0.05, 0) is 12.1 Å². The summed E-state index contributed by atoms with van der Waals surface area (Å²) in [5.74, 6) is -1.57. The van der Waals surface area contributed by atoms with Gasteiger partial charge in [0.25, 0.3) is 5.91 Å². The molecule has 0 saturated carbocycles. The van der Waals surface area contributed by atoms with Gasteiger partial charge in [0, 0.05) is 5.56 Å². The molecule has 100 valence electrons. The zero-order valence-electron chi connectivity index (χ0n) is 9.57. The van der Waals surface area contributed by atoms with Crippen molar-refractivity contribution in [2.45, 2.75) is 0 Å². The van der Waals surface area contributed by atoms with Crippen LogP contribution in [-0.4, -0.2) is 35.7 Å². The van der Waals surface area contributed by atoms with Crippen molar-refractivity contribution in [2.75, 3.05) is 18.8 Å². The number of piperazine rings is 1. The Hall–Kier alpha value is -1.79. The van der Waals surface area contributed by atoms with E-state index in [0.717, 1.165) is 4.90 Å². The van der Waals surface area contributed by atoms with E-state index < -0.39 is 17.7 Å². The largest absolute Gasteiger partial charge is 0.396 e. The molecule has 1 aromatic rings. The van der Waals surface area contributed by atoms with Gasteiger partial charge in [-0.1, -0.05) is 23.2 Å². The van der Waals surface area contributed by atoms with Crippen molar-refractivity contribution in [3.8, 4) is 0 Å². The molecule has 1 fully saturated rings. The molecule has 1 aliphatic heterocycles. The molecule has 2 rings (SSSR count). The SMILES string of the molecule is Nc1c(Cl)cc(C(=O)N2CC(=O)NC(=O)C2)cc1Cl. The molecule has 0 unspecified atom stereocenters. The third-order valence-electron chi connectivity index (χ3n) is 2.56. The van der Waals surface area contributed by atoms with Crippen LogP contribution < -0.4 is 11.1 Å². The summed E-state index contributed by atoms with van der Waals surface area (Å²) >= 11 is 11.7. The van der Waals surface area contributed by atoms with Gasteiger partial charge in [0.05, 0.1) is 15.7 Å². The fourth-order valence-electron chi connectivity index (χ4n) is 1.67. The monoisotopic (exact) mass is 301 g/mol. The summed E-state index contributed by atoms with van der Waals surface area (Å²) in [5, 5.41) is 2.39. The lowest BCUT2D eigenvalue weighted by molar-refractivity contribution is -0.135. The topological polar surface area (TPSA) is 92.5 Å². The van der Waals surface area contributed by atoms with Crippen molar-refractivity contribution in [3.05, 3.63) is 27.7 Å². The van der Waals surface area contributed by atoms with Gasteiger partial charge in [-0.2, -0.15) is 0 Å². The van der Waals surface area contributed by atoms with Gasteiger partial charge in [0.1, 0.15) is 13.1 Å². The van der Waals surface area contributed by atoms with Crippen LogP contribution in [0.5, 0.6) is 0 Å². The van der Waals surface area contributed by atoms with Crippen LogP contribution in [0, 0.1) is 0 Å². The molecule has 3 amide bonds. The normalized spacial score (nSPS) is 15.4. The number of imide groups is 1. The number of benzene rings is 1. The standard InChI is InChI=1S/C11H9Cl2N3O3/c12-6-1-5(2-7(13)10(6)14)11(19)16-3-8(17)15-9(18)4-16/h1-2H,3-4,14H2,(H,15,17,18). The summed E-state index contributed by atoms with van der Waals surface area (Å²) in [6.07, 6.45) is 0. The Morgan fingerprint density at radius 2 is 1.63 bits per heavy atom. The Morgan fingerprint density at radius 1 is 1.16 bits per heavy atom. The first-order valence-electron chi connectivity index (χ1n) is 5.25. The van der Waals surface area contributed by atoms with Crippen LogP contribution in [0.3, 0.4) is 0 Å². The lowest BCUT2D eigenvalue weighted by atomic mass is 10.1. The maximum absolute atomic E-state index is 12.1. The highest BCUT2D eigenvalue weighted by atomic mass is 35.5. The number of hydrogen-bond donors (Lipinski definition) is 2. The van der Waals surface area contributed by atoms with Gasteiger partial charge in [0.2, 0.25) is 11.8 Å². The van der Waals surface area contributed by atoms with Crippen LogP contribution in [0.4, 0.5) is 5.69 Å². The Labute approximate surface area is 118 Å². The van der Waals surface area contributed by atoms with Crippen LogP contribution in [-0.2, 0) is 9.59 Å². The van der Waals surface area contributed by atoms with Crippen LogP contribution >= 0.6 is 23.2 Å². The number of nitrogens with zero attached hydrogens (tertiary/aromatic N) is 1. The van der Waals surface area contributed by atoms with E-state index in [2.05, 4.69) is 5.32 Å². The first-order chi connectivity index (χ1) is 8.88. The van der Waals surface area contributed by atoms with Crippen LogP contribution in [0.15, 0.2) is 12.1 Å². The minimum absolute atomic E-state index is 0.142. The number of hydrogen-bond acceptors (Lipinski definition) is 4. The molecule has 1 saturated heterocycles. The number of carbonyl (C=O) groups excluding carboxylic acids is 3. The van der Waals surface area contributed by atoms with E-state index in [1.165, 1.54) is 12.1 Å². The Kier molecular flexibility index (Phi) is 3.64. The minimum Gasteiger partial charge on any atom is -0.396 e. The molecule has 1 aliphatic rings. The third kappa shape index (κ3) is 2.80. The van der Waals surface area contributed by atoms with Crippen LogP contribution in [0.25, 0.3) is 0 Å². The summed E-state index contributed by atoms with van der Waals surface area (Å²) in [4.78, 5) is 35.7. The molecule has 0 spiro atoms. The first-order valence-corrected chi connectivity index (χ1v) is 6.00. The average molecular weight is 302 g/mol. The molecule has 6 nitrogen and oxygen atoms in total. The van der Waals surface area contributed by atoms with Crippen molar-refractivity contribution in [1.82, 2.24) is 10.2 Å². The fraction of sp³-hybridized carbons (Fsp3) is 0.182. The van der Waals surface area contributed by atoms with E-state index >= 15 is 0 Å². The minimum atomic E-state index is -0.530. The summed E-state index contributed by atoms with van der Waals surface area (Å²) in [7, 11) is 0. The third-order valence-corrected chi connectivity index (χ3v) is 3.19. The van der Waals surface area contributed by atoms with E-state index in [4.69, 9.17) is 28.9 Å². The van der Waals surface area contributed by atoms with Gasteiger partial charge in [0.15, 0.2) is 0 Å². The average Bonchev–Trinajstić information content (AvgIpc) is 2.33. The lowest BCUT2D eigenvalue weighted by Gasteiger charge is -2.25. The maximum Gasteiger partial charge on any atom is 0.254 e. The number of halogens is 2. The molecule has 0 bridgehead atoms. The van der Waals surface area contributed by atoms with E-state index in [0.29, 0.717) is 0 Å². The van der Waals surface area contributed by atoms with Gasteiger partial charge in [-0.15, -0.1) is 0 Å². The molecule has 0 aromatic heterocycles.